The Morgan fingerprint density at radius 2 is 0.549 bits per heavy atom. The number of aliphatic hydroxyl groups excluding tert-OH is 1. The quantitative estimate of drug-likeness (QED) is 0.0169. The molecule has 0 radical (unpaired) electrons. The molecular weight excluding hydrogens is 1330 g/mol. The first kappa shape index (κ1) is 97.5. The van der Waals surface area contributed by atoms with Crippen LogP contribution in [0.4, 0.5) is 0 Å². The smallest absolute Gasteiger partial charge is 0.462 e. The minimum Gasteiger partial charge on any atom is -0.462 e. The fourth-order valence-corrected chi connectivity index (χ4v) is 12.0. The summed E-state index contributed by atoms with van der Waals surface area (Å²) in [4.78, 5) is 72.9. The molecule has 0 heterocycles. The highest BCUT2D eigenvalue weighted by molar-refractivity contribution is 7.47. The monoisotopic (exact) mass is 1470 g/mol. The maximum atomic E-state index is 13.1. The molecule has 586 valence electrons. The highest BCUT2D eigenvalue weighted by Gasteiger charge is 2.30. The summed E-state index contributed by atoms with van der Waals surface area (Å²) in [6.45, 7) is 4.53. The van der Waals surface area contributed by atoms with E-state index in [0.29, 0.717) is 25.7 Å². The van der Waals surface area contributed by atoms with Gasteiger partial charge in [-0.15, -0.1) is 0 Å². The molecule has 0 amide bonds. The molecule has 17 nitrogen and oxygen atoms in total. The van der Waals surface area contributed by atoms with Crippen molar-refractivity contribution in [2.24, 2.45) is 0 Å². The Balaban J connectivity index is 5.41. The van der Waals surface area contributed by atoms with Crippen LogP contribution in [0, 0.1) is 0 Å². The van der Waals surface area contributed by atoms with Crippen LogP contribution in [0.1, 0.15) is 323 Å². The van der Waals surface area contributed by atoms with Crippen LogP contribution >= 0.6 is 15.6 Å². The summed E-state index contributed by atoms with van der Waals surface area (Å²) in [6.07, 6.45) is 82.1. The third-order valence-corrected chi connectivity index (χ3v) is 18.4. The number of allylic oxidation sites excluding steroid dienone is 19. The average molecular weight is 1470 g/mol. The van der Waals surface area contributed by atoms with Crippen molar-refractivity contribution in [3.8, 4) is 0 Å². The Labute approximate surface area is 619 Å². The fraction of sp³-hybridized carbons (Fsp3) is 0.711. The van der Waals surface area contributed by atoms with Gasteiger partial charge in [-0.05, 0) is 116 Å². The number of unbranched alkanes of at least 4 members (excludes halogenated alkanes) is 29. The lowest BCUT2D eigenvalue weighted by atomic mass is 10.0. The van der Waals surface area contributed by atoms with Crippen LogP contribution in [0.25, 0.3) is 0 Å². The van der Waals surface area contributed by atoms with Gasteiger partial charge >= 0.3 is 39.5 Å². The number of carbonyl (C=O) groups is 4. The van der Waals surface area contributed by atoms with Crippen molar-refractivity contribution >= 4 is 39.5 Å². The zero-order valence-electron chi connectivity index (χ0n) is 64.0. The van der Waals surface area contributed by atoms with Gasteiger partial charge < -0.3 is 33.8 Å². The Bertz CT molecular complexity index is 2410. The number of aliphatic hydroxyl groups is 1. The normalized spacial score (nSPS) is 14.5. The fourth-order valence-electron chi connectivity index (χ4n) is 10.5. The van der Waals surface area contributed by atoms with E-state index in [9.17, 15) is 43.2 Å². The number of phosphoric acid groups is 2. The number of ether oxygens (including phenoxy) is 4. The molecule has 0 rings (SSSR count). The Hall–Kier alpha value is -4.54. The number of carbonyl (C=O) groups excluding carboxylic acids is 4. The number of hydrogen-bond donors (Lipinski definition) is 3. The molecule has 0 aliphatic carbocycles. The van der Waals surface area contributed by atoms with Crippen molar-refractivity contribution < 1.29 is 80.2 Å². The lowest BCUT2D eigenvalue weighted by Gasteiger charge is -2.21. The summed E-state index contributed by atoms with van der Waals surface area (Å²) in [6, 6.07) is 0. The maximum Gasteiger partial charge on any atom is 0.472 e. The third-order valence-electron chi connectivity index (χ3n) is 16.5. The lowest BCUT2D eigenvalue weighted by Crippen LogP contribution is -2.30. The van der Waals surface area contributed by atoms with Crippen molar-refractivity contribution in [3.05, 3.63) is 122 Å². The molecule has 0 aromatic heterocycles. The lowest BCUT2D eigenvalue weighted by molar-refractivity contribution is -0.161. The van der Waals surface area contributed by atoms with Crippen molar-refractivity contribution in [3.63, 3.8) is 0 Å². The van der Waals surface area contributed by atoms with Crippen molar-refractivity contribution in [1.29, 1.82) is 0 Å². The Kier molecular flexibility index (Phi) is 71.4. The van der Waals surface area contributed by atoms with E-state index < -0.39 is 97.5 Å². The van der Waals surface area contributed by atoms with Gasteiger partial charge in [-0.1, -0.05) is 303 Å². The van der Waals surface area contributed by atoms with Gasteiger partial charge in [0.25, 0.3) is 0 Å². The van der Waals surface area contributed by atoms with Crippen LogP contribution in [0.3, 0.4) is 0 Å². The van der Waals surface area contributed by atoms with Crippen LogP contribution in [-0.4, -0.2) is 96.7 Å². The molecule has 0 aromatic rings. The van der Waals surface area contributed by atoms with E-state index in [4.69, 9.17) is 37.0 Å². The van der Waals surface area contributed by atoms with E-state index in [2.05, 4.69) is 125 Å². The third kappa shape index (κ3) is 73.8. The summed E-state index contributed by atoms with van der Waals surface area (Å²) < 4.78 is 68.5. The van der Waals surface area contributed by atoms with Crippen LogP contribution in [0.2, 0.25) is 0 Å². The zero-order chi connectivity index (χ0) is 74.6. The average Bonchev–Trinajstić information content (AvgIpc) is 0.909. The van der Waals surface area contributed by atoms with Gasteiger partial charge in [0.2, 0.25) is 0 Å². The van der Waals surface area contributed by atoms with Gasteiger partial charge in [0.15, 0.2) is 12.2 Å². The van der Waals surface area contributed by atoms with E-state index in [-0.39, 0.29) is 25.7 Å². The summed E-state index contributed by atoms with van der Waals surface area (Å²) >= 11 is 0. The molecule has 0 saturated carbocycles. The highest BCUT2D eigenvalue weighted by Crippen LogP contribution is 2.45. The molecule has 3 N–H and O–H groups in total. The summed E-state index contributed by atoms with van der Waals surface area (Å²) in [5.74, 6) is -2.34. The molecule has 0 saturated heterocycles. The largest absolute Gasteiger partial charge is 0.472 e. The topological polar surface area (TPSA) is 237 Å². The number of rotatable bonds is 74. The van der Waals surface area contributed by atoms with E-state index in [1.54, 1.807) is 6.08 Å². The minimum absolute atomic E-state index is 0.0702. The van der Waals surface area contributed by atoms with E-state index >= 15 is 0 Å². The van der Waals surface area contributed by atoms with Gasteiger partial charge in [-0.3, -0.25) is 37.3 Å². The number of phosphoric ester groups is 2. The van der Waals surface area contributed by atoms with Crippen molar-refractivity contribution in [1.82, 2.24) is 0 Å². The molecule has 0 fully saturated rings. The van der Waals surface area contributed by atoms with Crippen LogP contribution in [-0.2, 0) is 65.4 Å². The SMILES string of the molecule is CC/C=C\C/C=C\C/C=C\C/C=C\C/C=C\CC(=O)OCC(COP(=O)(O)OCC(O)COP(=O)(O)OCC(COC(=O)CCCCCCCC/C=C\C/C=C\C/C=C\C/C=C\CC)OC(=O)CCCCCCC/C=C\CCCCCCCC)OC(=O)CCCCCCCCCCCCCCC. The molecule has 5 unspecified atom stereocenters. The number of hydrogen-bond acceptors (Lipinski definition) is 15. The second kappa shape index (κ2) is 74.7. The van der Waals surface area contributed by atoms with Crippen molar-refractivity contribution in [2.45, 2.75) is 341 Å². The molecule has 0 aromatic carbocycles. The number of esters is 4. The van der Waals surface area contributed by atoms with E-state index in [1.807, 2.05) is 18.2 Å². The molecule has 0 aliphatic heterocycles. The van der Waals surface area contributed by atoms with Crippen LogP contribution in [0.15, 0.2) is 122 Å². The molecule has 0 aliphatic rings. The second-order valence-electron chi connectivity index (χ2n) is 26.3. The van der Waals surface area contributed by atoms with Gasteiger partial charge in [0, 0.05) is 19.3 Å². The van der Waals surface area contributed by atoms with Gasteiger partial charge in [0.05, 0.1) is 32.8 Å². The Morgan fingerprint density at radius 1 is 0.294 bits per heavy atom. The zero-order valence-corrected chi connectivity index (χ0v) is 65.8. The first-order valence-electron chi connectivity index (χ1n) is 39.8. The summed E-state index contributed by atoms with van der Waals surface area (Å²) in [7, 11) is -9.98. The van der Waals surface area contributed by atoms with Gasteiger partial charge in [0.1, 0.15) is 19.3 Å². The molecule has 19 heteroatoms. The molecule has 5 atom stereocenters. The minimum atomic E-state index is -4.99. The van der Waals surface area contributed by atoms with Gasteiger partial charge in [-0.2, -0.15) is 0 Å². The molecule has 0 bridgehead atoms. The molecular formula is C83H142O17P2. The van der Waals surface area contributed by atoms with Crippen molar-refractivity contribution in [2.75, 3.05) is 39.6 Å². The van der Waals surface area contributed by atoms with Gasteiger partial charge in [-0.25, -0.2) is 9.13 Å². The summed E-state index contributed by atoms with van der Waals surface area (Å²) in [5.41, 5.74) is 0. The van der Waals surface area contributed by atoms with E-state index in [1.165, 1.54) is 89.9 Å². The second-order valence-corrected chi connectivity index (χ2v) is 29.2. The standard InChI is InChI=1S/C83H142O17P2/c1-5-9-13-17-21-25-29-33-36-37-38-39-42-45-48-52-56-60-64-68-81(86)94-74-79(100-83(88)70-66-62-58-54-50-46-41-35-31-27-23-19-15-11-7-3)76-98-102(91,92)96-72-77(84)71-95-101(89,90)97-75-78(99-82(87)69-65-61-57-53-49-43-32-28-24-20-16-12-8-4)73-93-80(85)67-63-59-55-51-47-44-40-34-30-26-22-18-14-10-6-2/h9-10,13-14,21-22,25-26,33-36,38-41,47,51,59,63,77-79,84H,5-8,11-12,15-20,23-24,27-32,37,42-46,48-50,52-58,60-62,64-76H2,1-4H3,(H,89,90)(H,91,92)/b13-9-,14-10-,25-21-,26-22-,36-33-,39-38-,40-34-,41-35-,51-47-,63-59-. The first-order chi connectivity index (χ1) is 49.7. The predicted molar refractivity (Wildman–Crippen MR) is 418 cm³/mol. The predicted octanol–water partition coefficient (Wildman–Crippen LogP) is 23.1. The summed E-state index contributed by atoms with van der Waals surface area (Å²) in [5, 5.41) is 10.6. The Morgan fingerprint density at radius 3 is 0.882 bits per heavy atom. The van der Waals surface area contributed by atoms with Crippen LogP contribution in [0.5, 0.6) is 0 Å². The van der Waals surface area contributed by atoms with Crippen LogP contribution < -0.4 is 0 Å². The maximum absolute atomic E-state index is 13.1. The molecule has 102 heavy (non-hydrogen) atoms. The highest BCUT2D eigenvalue weighted by atomic mass is 31.2. The molecule has 0 spiro atoms. The van der Waals surface area contributed by atoms with E-state index in [0.717, 1.165) is 154 Å². The first-order valence-corrected chi connectivity index (χ1v) is 42.8.